The molecule has 112 valence electrons. The van der Waals surface area contributed by atoms with E-state index in [0.29, 0.717) is 5.56 Å². The molecule has 2 heterocycles. The van der Waals surface area contributed by atoms with Crippen molar-refractivity contribution in [3.05, 3.63) is 48.0 Å². The molecule has 4 rings (SSSR count). The van der Waals surface area contributed by atoms with Gasteiger partial charge in [0.2, 0.25) is 0 Å². The van der Waals surface area contributed by atoms with Crippen LogP contribution in [0, 0.1) is 11.3 Å². The van der Waals surface area contributed by atoms with Crippen LogP contribution >= 0.6 is 0 Å². The van der Waals surface area contributed by atoms with Crippen molar-refractivity contribution in [2.75, 3.05) is 0 Å². The van der Waals surface area contributed by atoms with Gasteiger partial charge in [-0.2, -0.15) is 5.26 Å². The molecule has 0 saturated carbocycles. The average Bonchev–Trinajstić information content (AvgIpc) is 2.88. The fourth-order valence-electron chi connectivity index (χ4n) is 3.40. The van der Waals surface area contributed by atoms with Crippen LogP contribution in [-0.2, 0) is 0 Å². The number of nitrogens with one attached hydrogen (secondary N) is 1. The molecule has 3 nitrogen and oxygen atoms in total. The van der Waals surface area contributed by atoms with Gasteiger partial charge in [0.15, 0.2) is 0 Å². The van der Waals surface area contributed by atoms with Crippen molar-refractivity contribution in [1.82, 2.24) is 9.97 Å². The molecule has 0 fully saturated rings. The predicted molar refractivity (Wildman–Crippen MR) is 98.8 cm³/mol. The van der Waals surface area contributed by atoms with E-state index >= 15 is 0 Å². The van der Waals surface area contributed by atoms with Crippen molar-refractivity contribution < 1.29 is 0 Å². The Balaban J connectivity index is 2.31. The van der Waals surface area contributed by atoms with Crippen LogP contribution in [-0.4, -0.2) is 18.0 Å². The van der Waals surface area contributed by atoms with Crippen LogP contribution in [0.5, 0.6) is 0 Å². The zero-order valence-electron chi connectivity index (χ0n) is 13.4. The van der Waals surface area contributed by atoms with Gasteiger partial charge in [0, 0.05) is 21.7 Å². The van der Waals surface area contributed by atoms with Crippen LogP contribution in [0.15, 0.2) is 42.5 Å². The second kappa shape index (κ2) is 4.67. The summed E-state index contributed by atoms with van der Waals surface area (Å²) in [6.45, 7) is 7.09. The minimum Gasteiger partial charge on any atom is -0.339 e. The summed E-state index contributed by atoms with van der Waals surface area (Å²) in [6, 6.07) is 16.4. The Morgan fingerprint density at radius 2 is 1.83 bits per heavy atom. The van der Waals surface area contributed by atoms with Crippen LogP contribution in [0.25, 0.3) is 32.8 Å². The number of aromatic amines is 1. The van der Waals surface area contributed by atoms with Gasteiger partial charge in [0.05, 0.1) is 25.2 Å². The maximum atomic E-state index is 9.24. The molecule has 2 aromatic carbocycles. The van der Waals surface area contributed by atoms with Crippen molar-refractivity contribution in [2.24, 2.45) is 0 Å². The smallest absolute Gasteiger partial charge is 0.138 e. The molecule has 0 aliphatic heterocycles. The second-order valence-corrected chi connectivity index (χ2v) is 12.0. The number of H-pyrrole nitrogens is 1. The average molecular weight is 315 g/mol. The topological polar surface area (TPSA) is 52.5 Å². The van der Waals surface area contributed by atoms with Gasteiger partial charge in [0.1, 0.15) is 5.65 Å². The van der Waals surface area contributed by atoms with Crippen LogP contribution in [0.3, 0.4) is 0 Å². The van der Waals surface area contributed by atoms with Crippen LogP contribution in [0.4, 0.5) is 0 Å². The normalized spacial score (nSPS) is 12.1. The van der Waals surface area contributed by atoms with Crippen molar-refractivity contribution in [3.63, 3.8) is 0 Å². The van der Waals surface area contributed by atoms with Gasteiger partial charge in [-0.1, -0.05) is 37.8 Å². The molecule has 0 aliphatic rings. The van der Waals surface area contributed by atoms with Gasteiger partial charge < -0.3 is 4.98 Å². The molecule has 0 radical (unpaired) electrons. The molecule has 4 heteroatoms. The lowest BCUT2D eigenvalue weighted by atomic mass is 10.1. The standard InChI is InChI=1S/C19H17N3Si/c1-23(2,3)18-13-6-4-5-7-15(13)21-19-17(18)14-10-12(11-20)8-9-16(14)22-19/h4-10H,1-3H3,(H,21,22). The Hall–Kier alpha value is -2.64. The van der Waals surface area contributed by atoms with Crippen LogP contribution < -0.4 is 5.19 Å². The number of hydrogen-bond acceptors (Lipinski definition) is 2. The monoisotopic (exact) mass is 315 g/mol. The van der Waals surface area contributed by atoms with Crippen molar-refractivity contribution >= 4 is 46.1 Å². The third-order valence-electron chi connectivity index (χ3n) is 4.31. The third kappa shape index (κ3) is 2.05. The molecular weight excluding hydrogens is 298 g/mol. The number of rotatable bonds is 1. The summed E-state index contributed by atoms with van der Waals surface area (Å²) in [6.07, 6.45) is 0. The Bertz CT molecular complexity index is 1110. The van der Waals surface area contributed by atoms with E-state index < -0.39 is 8.07 Å². The molecule has 2 aromatic heterocycles. The molecule has 0 spiro atoms. The quantitative estimate of drug-likeness (QED) is 0.533. The van der Waals surface area contributed by atoms with E-state index in [2.05, 4.69) is 48.9 Å². The maximum Gasteiger partial charge on any atom is 0.138 e. The first-order valence-corrected chi connectivity index (χ1v) is 11.2. The van der Waals surface area contributed by atoms with Gasteiger partial charge in [-0.25, -0.2) is 4.98 Å². The lowest BCUT2D eigenvalue weighted by Crippen LogP contribution is -2.38. The Morgan fingerprint density at radius 3 is 2.57 bits per heavy atom. The molecule has 1 N–H and O–H groups in total. The van der Waals surface area contributed by atoms with E-state index in [1.165, 1.54) is 16.0 Å². The van der Waals surface area contributed by atoms with Gasteiger partial charge >= 0.3 is 0 Å². The minimum absolute atomic E-state index is 0.688. The molecule has 0 atom stereocenters. The van der Waals surface area contributed by atoms with E-state index in [9.17, 15) is 5.26 Å². The van der Waals surface area contributed by atoms with E-state index in [1.54, 1.807) is 0 Å². The Kier molecular flexibility index (Phi) is 2.84. The van der Waals surface area contributed by atoms with Gasteiger partial charge in [0.25, 0.3) is 0 Å². The van der Waals surface area contributed by atoms with Crippen molar-refractivity contribution in [3.8, 4) is 6.07 Å². The van der Waals surface area contributed by atoms with Crippen molar-refractivity contribution in [2.45, 2.75) is 19.6 Å². The number of pyridine rings is 1. The summed E-state index contributed by atoms with van der Waals surface area (Å²) >= 11 is 0. The van der Waals surface area contributed by atoms with E-state index in [1.807, 2.05) is 24.3 Å². The summed E-state index contributed by atoms with van der Waals surface area (Å²) in [5.74, 6) is 0. The summed E-state index contributed by atoms with van der Waals surface area (Å²) < 4.78 is 0. The fourth-order valence-corrected chi connectivity index (χ4v) is 5.42. The predicted octanol–water partition coefficient (Wildman–Crippen LogP) is 4.29. The highest BCUT2D eigenvalue weighted by atomic mass is 28.3. The lowest BCUT2D eigenvalue weighted by Gasteiger charge is -2.20. The Morgan fingerprint density at radius 1 is 1.04 bits per heavy atom. The number of fused-ring (bicyclic) bond motifs is 4. The largest absolute Gasteiger partial charge is 0.339 e. The number of nitrogens with zero attached hydrogens (tertiary/aromatic N) is 2. The molecule has 23 heavy (non-hydrogen) atoms. The highest BCUT2D eigenvalue weighted by Crippen LogP contribution is 2.29. The molecule has 4 aromatic rings. The first-order valence-electron chi connectivity index (χ1n) is 7.74. The van der Waals surface area contributed by atoms with Gasteiger partial charge in [-0.15, -0.1) is 0 Å². The summed E-state index contributed by atoms with van der Waals surface area (Å²) in [4.78, 5) is 8.26. The number of aromatic nitrogens is 2. The highest BCUT2D eigenvalue weighted by Gasteiger charge is 2.25. The summed E-state index contributed by atoms with van der Waals surface area (Å²) in [5, 5.41) is 14.2. The lowest BCUT2D eigenvalue weighted by molar-refractivity contribution is 1.40. The van der Waals surface area contributed by atoms with Gasteiger partial charge in [-0.3, -0.25) is 0 Å². The Labute approximate surface area is 135 Å². The van der Waals surface area contributed by atoms with E-state index in [4.69, 9.17) is 4.98 Å². The first kappa shape index (κ1) is 14.0. The second-order valence-electron chi connectivity index (χ2n) is 6.97. The molecule has 0 aliphatic carbocycles. The van der Waals surface area contributed by atoms with Crippen molar-refractivity contribution in [1.29, 1.82) is 5.26 Å². The number of benzene rings is 2. The third-order valence-corrected chi connectivity index (χ3v) is 6.33. The fraction of sp³-hybridized carbons (Fsp3) is 0.158. The highest BCUT2D eigenvalue weighted by molar-refractivity contribution is 6.92. The number of hydrogen-bond donors (Lipinski definition) is 1. The zero-order valence-corrected chi connectivity index (χ0v) is 14.4. The van der Waals surface area contributed by atoms with Crippen LogP contribution in [0.2, 0.25) is 19.6 Å². The number of nitriles is 1. The molecule has 0 bridgehead atoms. The molecular formula is C19H17N3Si. The summed E-state index contributed by atoms with van der Waals surface area (Å²) in [7, 11) is -1.61. The zero-order chi connectivity index (χ0) is 16.2. The summed E-state index contributed by atoms with van der Waals surface area (Å²) in [5.41, 5.74) is 3.69. The maximum absolute atomic E-state index is 9.24. The van der Waals surface area contributed by atoms with Crippen LogP contribution in [0.1, 0.15) is 5.56 Å². The molecule has 0 unspecified atom stereocenters. The molecule has 0 saturated heterocycles. The van der Waals surface area contributed by atoms with E-state index in [-0.39, 0.29) is 0 Å². The minimum atomic E-state index is -1.61. The number of para-hydroxylation sites is 1. The van der Waals surface area contributed by atoms with Gasteiger partial charge in [-0.05, 0) is 29.5 Å². The SMILES string of the molecule is C[Si](C)(C)c1c2ccccc2nc2[nH]c3ccc(C#N)cc3c12. The first-order chi connectivity index (χ1) is 11.0. The molecule has 0 amide bonds. The van der Waals surface area contributed by atoms with E-state index in [0.717, 1.165) is 22.1 Å².